The van der Waals surface area contributed by atoms with Crippen molar-refractivity contribution in [3.05, 3.63) is 37.0 Å². The molecule has 5 nitrogen and oxygen atoms in total. The number of nitrogens with one attached hydrogen (secondary N) is 2. The lowest BCUT2D eigenvalue weighted by atomic mass is 9.70. The molecule has 0 saturated heterocycles. The molecule has 2 amide bonds. The number of allylic oxidation sites excluding steroid dienone is 2. The second-order valence-electron chi connectivity index (χ2n) is 8.13. The van der Waals surface area contributed by atoms with E-state index >= 15 is 0 Å². The van der Waals surface area contributed by atoms with E-state index in [4.69, 9.17) is 5.73 Å². The molecule has 27 heavy (non-hydrogen) atoms. The summed E-state index contributed by atoms with van der Waals surface area (Å²) in [4.78, 5) is 25.0. The molecule has 0 bridgehead atoms. The maximum absolute atomic E-state index is 12.9. The van der Waals surface area contributed by atoms with Crippen LogP contribution in [0.5, 0.6) is 0 Å². The maximum Gasteiger partial charge on any atom is 0.237 e. The summed E-state index contributed by atoms with van der Waals surface area (Å²) in [6.07, 6.45) is 8.28. The Hall–Kier alpha value is -1.88. The summed E-state index contributed by atoms with van der Waals surface area (Å²) in [5.41, 5.74) is 6.46. The minimum Gasteiger partial charge on any atom is -0.353 e. The van der Waals surface area contributed by atoms with Crippen molar-refractivity contribution in [1.82, 2.24) is 10.6 Å². The van der Waals surface area contributed by atoms with Crippen LogP contribution < -0.4 is 16.4 Å². The van der Waals surface area contributed by atoms with Gasteiger partial charge in [-0.05, 0) is 43.1 Å². The third-order valence-electron chi connectivity index (χ3n) is 5.52. The highest BCUT2D eigenvalue weighted by molar-refractivity contribution is 5.82. The molecular weight excluding hydrogens is 338 g/mol. The molecule has 1 aliphatic rings. The van der Waals surface area contributed by atoms with Gasteiger partial charge in [-0.15, -0.1) is 0 Å². The molecule has 1 rings (SSSR count). The fourth-order valence-corrected chi connectivity index (χ4v) is 3.86. The van der Waals surface area contributed by atoms with Crippen molar-refractivity contribution in [3.8, 4) is 0 Å². The van der Waals surface area contributed by atoms with Crippen LogP contribution in [0, 0.1) is 23.7 Å². The van der Waals surface area contributed by atoms with E-state index in [1.807, 2.05) is 0 Å². The molecule has 1 saturated carbocycles. The van der Waals surface area contributed by atoms with Gasteiger partial charge >= 0.3 is 0 Å². The molecule has 5 atom stereocenters. The SMILES string of the molecule is C=C/C=C(\C=C)[C@H](CNC(=O)C1C[C@H](C)CC[C@H]1C(C)C)NC(=O)C(C)N. The van der Waals surface area contributed by atoms with E-state index < -0.39 is 6.04 Å². The Kier molecular flexibility index (Phi) is 9.50. The summed E-state index contributed by atoms with van der Waals surface area (Å²) in [5.74, 6) is 1.27. The zero-order valence-electron chi connectivity index (χ0n) is 17.3. The highest BCUT2D eigenvalue weighted by atomic mass is 16.2. The van der Waals surface area contributed by atoms with Crippen molar-refractivity contribution in [2.45, 2.75) is 59.0 Å². The first-order valence-electron chi connectivity index (χ1n) is 9.99. The average Bonchev–Trinajstić information content (AvgIpc) is 2.62. The standard InChI is InChI=1S/C22H37N3O2/c1-7-9-17(8-2)20(25-21(26)16(6)23)13-24-22(27)19-12-15(5)10-11-18(19)14(3)4/h7-9,14-16,18-20H,1-2,10-13,23H2,3-6H3,(H,24,27)(H,25,26)/b17-9+/t15-,16?,18+,19?,20+/m1/s1. The molecule has 0 aliphatic heterocycles. The lowest BCUT2D eigenvalue weighted by Crippen LogP contribution is -2.50. The normalized spacial score (nSPS) is 25.4. The van der Waals surface area contributed by atoms with E-state index in [0.717, 1.165) is 18.4 Å². The third kappa shape index (κ3) is 6.98. The maximum atomic E-state index is 12.9. The van der Waals surface area contributed by atoms with Gasteiger partial charge in [0.2, 0.25) is 11.8 Å². The first-order chi connectivity index (χ1) is 12.7. The number of nitrogens with two attached hydrogens (primary N) is 1. The van der Waals surface area contributed by atoms with Gasteiger partial charge in [0.05, 0.1) is 12.1 Å². The second-order valence-corrected chi connectivity index (χ2v) is 8.13. The van der Waals surface area contributed by atoms with Crippen molar-refractivity contribution in [2.75, 3.05) is 6.54 Å². The van der Waals surface area contributed by atoms with Crippen LogP contribution in [-0.2, 0) is 9.59 Å². The molecular formula is C22H37N3O2. The summed E-state index contributed by atoms with van der Waals surface area (Å²) < 4.78 is 0. The highest BCUT2D eigenvalue weighted by Gasteiger charge is 2.35. The van der Waals surface area contributed by atoms with Crippen molar-refractivity contribution in [2.24, 2.45) is 29.4 Å². The van der Waals surface area contributed by atoms with Gasteiger partial charge in [0.1, 0.15) is 0 Å². The van der Waals surface area contributed by atoms with Crippen LogP contribution in [0.25, 0.3) is 0 Å². The van der Waals surface area contributed by atoms with E-state index in [1.165, 1.54) is 6.42 Å². The van der Waals surface area contributed by atoms with Crippen LogP contribution in [-0.4, -0.2) is 30.4 Å². The summed E-state index contributed by atoms with van der Waals surface area (Å²) in [6, 6.07) is -1.01. The van der Waals surface area contributed by atoms with Crippen LogP contribution in [0.4, 0.5) is 0 Å². The molecule has 2 unspecified atom stereocenters. The highest BCUT2D eigenvalue weighted by Crippen LogP contribution is 2.38. The zero-order valence-corrected chi connectivity index (χ0v) is 17.3. The van der Waals surface area contributed by atoms with Gasteiger partial charge in [0, 0.05) is 12.5 Å². The monoisotopic (exact) mass is 375 g/mol. The Morgan fingerprint density at radius 2 is 1.89 bits per heavy atom. The van der Waals surface area contributed by atoms with E-state index in [-0.39, 0.29) is 23.8 Å². The smallest absolute Gasteiger partial charge is 0.237 e. The molecule has 1 fully saturated rings. The van der Waals surface area contributed by atoms with Crippen molar-refractivity contribution >= 4 is 11.8 Å². The number of rotatable bonds is 9. The number of carbonyl (C=O) groups is 2. The van der Waals surface area contributed by atoms with Crippen LogP contribution in [0.15, 0.2) is 37.0 Å². The number of hydrogen-bond donors (Lipinski definition) is 3. The Morgan fingerprint density at radius 1 is 1.22 bits per heavy atom. The van der Waals surface area contributed by atoms with Gasteiger partial charge in [-0.2, -0.15) is 0 Å². The molecule has 0 aromatic heterocycles. The van der Waals surface area contributed by atoms with Crippen LogP contribution in [0.1, 0.15) is 47.0 Å². The fourth-order valence-electron chi connectivity index (χ4n) is 3.86. The van der Waals surface area contributed by atoms with Gasteiger partial charge in [-0.25, -0.2) is 0 Å². The minimum absolute atomic E-state index is 0.0223. The van der Waals surface area contributed by atoms with Crippen molar-refractivity contribution < 1.29 is 9.59 Å². The van der Waals surface area contributed by atoms with Gasteiger partial charge in [-0.1, -0.05) is 58.6 Å². The van der Waals surface area contributed by atoms with E-state index in [0.29, 0.717) is 24.3 Å². The van der Waals surface area contributed by atoms with E-state index in [2.05, 4.69) is 44.6 Å². The molecule has 0 aromatic carbocycles. The predicted octanol–water partition coefficient (Wildman–Crippen LogP) is 2.94. The molecule has 1 aliphatic carbocycles. The van der Waals surface area contributed by atoms with Crippen LogP contribution >= 0.6 is 0 Å². The summed E-state index contributed by atoms with van der Waals surface area (Å²) >= 11 is 0. The van der Waals surface area contributed by atoms with Gasteiger partial charge in [-0.3, -0.25) is 9.59 Å². The molecule has 0 heterocycles. The van der Waals surface area contributed by atoms with E-state index in [1.54, 1.807) is 25.2 Å². The first kappa shape index (κ1) is 23.2. The van der Waals surface area contributed by atoms with Gasteiger partial charge < -0.3 is 16.4 Å². The van der Waals surface area contributed by atoms with Crippen LogP contribution in [0.2, 0.25) is 0 Å². The zero-order chi connectivity index (χ0) is 20.6. The lowest BCUT2D eigenvalue weighted by molar-refractivity contribution is -0.129. The Balaban J connectivity index is 2.86. The van der Waals surface area contributed by atoms with Crippen molar-refractivity contribution in [3.63, 3.8) is 0 Å². The summed E-state index contributed by atoms with van der Waals surface area (Å²) in [5, 5.41) is 5.95. The van der Waals surface area contributed by atoms with Crippen LogP contribution in [0.3, 0.4) is 0 Å². The third-order valence-corrected chi connectivity index (χ3v) is 5.52. The largest absolute Gasteiger partial charge is 0.353 e. The van der Waals surface area contributed by atoms with E-state index in [9.17, 15) is 9.59 Å². The second kappa shape index (κ2) is 11.1. The Bertz CT molecular complexity index is 566. The number of carbonyl (C=O) groups excluding carboxylic acids is 2. The van der Waals surface area contributed by atoms with Gasteiger partial charge in [0.25, 0.3) is 0 Å². The topological polar surface area (TPSA) is 84.2 Å². The lowest BCUT2D eigenvalue weighted by Gasteiger charge is -2.36. The molecule has 0 spiro atoms. The van der Waals surface area contributed by atoms with Crippen molar-refractivity contribution in [1.29, 1.82) is 0 Å². The quantitative estimate of drug-likeness (QED) is 0.542. The molecule has 5 heteroatoms. The summed E-state index contributed by atoms with van der Waals surface area (Å²) in [7, 11) is 0. The average molecular weight is 376 g/mol. The number of hydrogen-bond acceptors (Lipinski definition) is 3. The Morgan fingerprint density at radius 3 is 2.41 bits per heavy atom. The molecule has 0 aromatic rings. The predicted molar refractivity (Wildman–Crippen MR) is 112 cm³/mol. The van der Waals surface area contributed by atoms with Gasteiger partial charge in [0.15, 0.2) is 0 Å². The molecule has 0 radical (unpaired) electrons. The first-order valence-corrected chi connectivity index (χ1v) is 9.99. The Labute approximate surface area is 164 Å². The molecule has 4 N–H and O–H groups in total. The minimum atomic E-state index is -0.623. The molecule has 152 valence electrons. The summed E-state index contributed by atoms with van der Waals surface area (Å²) in [6.45, 7) is 16.0. The fraction of sp³-hybridized carbons (Fsp3) is 0.636. The number of amides is 2.